The Balaban J connectivity index is 2.35. The standard InChI is InChI=1S/C10H11NO5S/c1-15-10(12)9-8(11-17(13,14)16-9)7-5-3-2-4-6-7/h2-6,8-9,11H,1H3/t8-,9-/m0/s1. The Morgan fingerprint density at radius 3 is 2.59 bits per heavy atom. The van der Waals surface area contributed by atoms with E-state index in [1.54, 1.807) is 30.3 Å². The van der Waals surface area contributed by atoms with Gasteiger partial charge in [0.1, 0.15) is 0 Å². The summed E-state index contributed by atoms with van der Waals surface area (Å²) in [4.78, 5) is 11.4. The molecule has 1 aromatic rings. The molecule has 0 unspecified atom stereocenters. The van der Waals surface area contributed by atoms with Gasteiger partial charge in [0, 0.05) is 0 Å². The summed E-state index contributed by atoms with van der Waals surface area (Å²) in [6.07, 6.45) is -1.19. The van der Waals surface area contributed by atoms with Crippen LogP contribution in [0.5, 0.6) is 0 Å². The topological polar surface area (TPSA) is 81.7 Å². The zero-order valence-electron chi connectivity index (χ0n) is 8.99. The smallest absolute Gasteiger partial charge is 0.338 e. The second-order valence-electron chi connectivity index (χ2n) is 3.50. The highest BCUT2D eigenvalue weighted by molar-refractivity contribution is 7.85. The molecule has 2 atom stereocenters. The third-order valence-electron chi connectivity index (χ3n) is 2.40. The first-order valence-electron chi connectivity index (χ1n) is 4.87. The van der Waals surface area contributed by atoms with Crippen LogP contribution in [-0.2, 0) is 24.0 Å². The third kappa shape index (κ3) is 2.46. The van der Waals surface area contributed by atoms with Crippen LogP contribution in [-0.4, -0.2) is 27.6 Å². The van der Waals surface area contributed by atoms with E-state index in [9.17, 15) is 13.2 Å². The first-order chi connectivity index (χ1) is 8.03. The van der Waals surface area contributed by atoms with Crippen molar-refractivity contribution in [1.82, 2.24) is 4.72 Å². The Bertz CT molecular complexity index is 513. The van der Waals surface area contributed by atoms with E-state index in [0.29, 0.717) is 5.56 Å². The van der Waals surface area contributed by atoms with Gasteiger partial charge in [-0.05, 0) is 5.56 Å². The van der Waals surface area contributed by atoms with Gasteiger partial charge >= 0.3 is 16.3 Å². The quantitative estimate of drug-likeness (QED) is 0.762. The molecule has 1 saturated heterocycles. The zero-order valence-corrected chi connectivity index (χ0v) is 9.81. The van der Waals surface area contributed by atoms with Gasteiger partial charge in [-0.1, -0.05) is 30.3 Å². The number of methoxy groups -OCH3 is 1. The maximum absolute atomic E-state index is 11.4. The molecule has 1 heterocycles. The number of hydrogen-bond acceptors (Lipinski definition) is 5. The van der Waals surface area contributed by atoms with E-state index >= 15 is 0 Å². The summed E-state index contributed by atoms with van der Waals surface area (Å²) < 4.78 is 34.0. The number of hydrogen-bond donors (Lipinski definition) is 1. The number of nitrogens with one attached hydrogen (secondary N) is 1. The molecule has 1 aromatic carbocycles. The van der Waals surface area contributed by atoms with Crippen molar-refractivity contribution in [1.29, 1.82) is 0 Å². The maximum atomic E-state index is 11.4. The fourth-order valence-corrected chi connectivity index (χ4v) is 2.72. The summed E-state index contributed by atoms with van der Waals surface area (Å²) in [5.41, 5.74) is 0.643. The molecule has 6 nitrogen and oxygen atoms in total. The number of esters is 1. The van der Waals surface area contributed by atoms with Crippen molar-refractivity contribution >= 4 is 16.3 Å². The molecule has 7 heteroatoms. The Kier molecular flexibility index (Phi) is 3.14. The Hall–Kier alpha value is -1.44. The van der Waals surface area contributed by atoms with Gasteiger partial charge in [0.15, 0.2) is 6.10 Å². The third-order valence-corrected chi connectivity index (χ3v) is 3.40. The van der Waals surface area contributed by atoms with Crippen LogP contribution in [0.3, 0.4) is 0 Å². The molecule has 1 aliphatic rings. The second kappa shape index (κ2) is 4.44. The SMILES string of the molecule is COC(=O)[C@H]1OS(=O)(=O)N[C@H]1c1ccccc1. The molecule has 1 fully saturated rings. The Morgan fingerprint density at radius 2 is 2.00 bits per heavy atom. The number of carbonyl (C=O) groups is 1. The van der Waals surface area contributed by atoms with Crippen LogP contribution in [0.1, 0.15) is 11.6 Å². The Labute approximate surface area is 98.8 Å². The largest absolute Gasteiger partial charge is 0.467 e. The van der Waals surface area contributed by atoms with Crippen molar-refractivity contribution in [2.24, 2.45) is 0 Å². The molecule has 0 radical (unpaired) electrons. The second-order valence-corrected chi connectivity index (χ2v) is 4.84. The lowest BCUT2D eigenvalue weighted by molar-refractivity contribution is -0.148. The number of ether oxygens (including phenoxy) is 1. The van der Waals surface area contributed by atoms with Gasteiger partial charge in [0.05, 0.1) is 13.2 Å². The molecule has 0 aromatic heterocycles. The normalized spacial score (nSPS) is 26.6. The van der Waals surface area contributed by atoms with E-state index in [0.717, 1.165) is 0 Å². The van der Waals surface area contributed by atoms with Crippen molar-refractivity contribution in [2.75, 3.05) is 7.11 Å². The van der Waals surface area contributed by atoms with Crippen LogP contribution in [0, 0.1) is 0 Å². The van der Waals surface area contributed by atoms with Crippen LogP contribution in [0.25, 0.3) is 0 Å². The molecule has 0 amide bonds. The average Bonchev–Trinajstić information content (AvgIpc) is 2.65. The molecule has 17 heavy (non-hydrogen) atoms. The molecule has 0 aliphatic carbocycles. The maximum Gasteiger partial charge on any atom is 0.338 e. The lowest BCUT2D eigenvalue weighted by atomic mass is 10.0. The lowest BCUT2D eigenvalue weighted by Crippen LogP contribution is -2.30. The van der Waals surface area contributed by atoms with Crippen LogP contribution in [0.4, 0.5) is 0 Å². The van der Waals surface area contributed by atoms with Crippen LogP contribution < -0.4 is 4.72 Å². The average molecular weight is 257 g/mol. The fraction of sp³-hybridized carbons (Fsp3) is 0.300. The summed E-state index contributed by atoms with van der Waals surface area (Å²) in [5.74, 6) is -0.729. The van der Waals surface area contributed by atoms with E-state index in [-0.39, 0.29) is 0 Å². The number of carbonyl (C=O) groups excluding carboxylic acids is 1. The summed E-state index contributed by atoms with van der Waals surface area (Å²) in [6, 6.07) is 7.94. The molecular formula is C10H11NO5S. The minimum absolute atomic E-state index is 0.643. The highest BCUT2D eigenvalue weighted by Crippen LogP contribution is 2.28. The zero-order chi connectivity index (χ0) is 12.5. The predicted molar refractivity (Wildman–Crippen MR) is 58.1 cm³/mol. The molecule has 0 bridgehead atoms. The summed E-state index contributed by atoms with van der Waals surface area (Å²) >= 11 is 0. The van der Waals surface area contributed by atoms with Gasteiger partial charge in [-0.2, -0.15) is 13.1 Å². The first kappa shape index (κ1) is 12.0. The van der Waals surface area contributed by atoms with Crippen molar-refractivity contribution in [3.63, 3.8) is 0 Å². The molecule has 92 valence electrons. The van der Waals surface area contributed by atoms with Gasteiger partial charge in [0.2, 0.25) is 0 Å². The van der Waals surface area contributed by atoms with Crippen molar-refractivity contribution in [3.05, 3.63) is 35.9 Å². The highest BCUT2D eigenvalue weighted by atomic mass is 32.2. The predicted octanol–water partition coefficient (Wildman–Crippen LogP) is 0.134. The van der Waals surface area contributed by atoms with Gasteiger partial charge < -0.3 is 4.74 Å². The lowest BCUT2D eigenvalue weighted by Gasteiger charge is -2.13. The molecule has 1 N–H and O–H groups in total. The molecule has 1 aliphatic heterocycles. The molecule has 0 spiro atoms. The first-order valence-corrected chi connectivity index (χ1v) is 6.27. The molecule has 2 rings (SSSR count). The van der Waals surface area contributed by atoms with E-state index in [1.165, 1.54) is 7.11 Å². The van der Waals surface area contributed by atoms with Crippen molar-refractivity contribution in [2.45, 2.75) is 12.1 Å². The minimum Gasteiger partial charge on any atom is -0.467 e. The minimum atomic E-state index is -3.90. The van der Waals surface area contributed by atoms with Crippen molar-refractivity contribution < 1.29 is 22.1 Å². The van der Waals surface area contributed by atoms with Crippen molar-refractivity contribution in [3.8, 4) is 0 Å². The number of rotatable bonds is 2. The molecule has 0 saturated carbocycles. The molecular weight excluding hydrogens is 246 g/mol. The summed E-state index contributed by atoms with van der Waals surface area (Å²) in [5, 5.41) is 0. The monoisotopic (exact) mass is 257 g/mol. The number of benzene rings is 1. The van der Waals surface area contributed by atoms with Crippen LogP contribution in [0.15, 0.2) is 30.3 Å². The van der Waals surface area contributed by atoms with E-state index in [4.69, 9.17) is 0 Å². The van der Waals surface area contributed by atoms with E-state index in [1.807, 2.05) is 0 Å². The van der Waals surface area contributed by atoms with Gasteiger partial charge in [-0.3, -0.25) is 0 Å². The van der Waals surface area contributed by atoms with Crippen LogP contribution in [0.2, 0.25) is 0 Å². The van der Waals surface area contributed by atoms with Gasteiger partial charge in [0.25, 0.3) is 0 Å². The van der Waals surface area contributed by atoms with Crippen LogP contribution >= 0.6 is 0 Å². The van der Waals surface area contributed by atoms with E-state index < -0.39 is 28.4 Å². The van der Waals surface area contributed by atoms with E-state index in [2.05, 4.69) is 13.6 Å². The fourth-order valence-electron chi connectivity index (χ4n) is 1.63. The van der Waals surface area contributed by atoms with Gasteiger partial charge in [-0.25, -0.2) is 8.98 Å². The highest BCUT2D eigenvalue weighted by Gasteiger charge is 2.44. The van der Waals surface area contributed by atoms with Gasteiger partial charge in [-0.15, -0.1) is 0 Å². The Morgan fingerprint density at radius 1 is 1.35 bits per heavy atom. The summed E-state index contributed by atoms with van der Waals surface area (Å²) in [7, 11) is -2.72. The summed E-state index contributed by atoms with van der Waals surface area (Å²) in [6.45, 7) is 0.